The van der Waals surface area contributed by atoms with Crippen LogP contribution >= 0.6 is 0 Å². The van der Waals surface area contributed by atoms with Crippen LogP contribution in [0.25, 0.3) is 0 Å². The summed E-state index contributed by atoms with van der Waals surface area (Å²) >= 11 is 0. The Kier molecular flexibility index (Phi) is 4.52. The van der Waals surface area contributed by atoms with E-state index in [2.05, 4.69) is 15.7 Å². The number of hydrogen-bond donors (Lipinski definition) is 3. The van der Waals surface area contributed by atoms with Gasteiger partial charge in [-0.05, 0) is 29.8 Å². The topological polar surface area (TPSA) is 89.3 Å². The molecule has 4 N–H and O–H groups in total. The Hall–Kier alpha value is -2.60. The first-order valence-electron chi connectivity index (χ1n) is 6.06. The van der Waals surface area contributed by atoms with E-state index in [0.29, 0.717) is 17.9 Å². The molecule has 0 unspecified atom stereocenters. The molecule has 0 aliphatic rings. The monoisotopic (exact) mass is 272 g/mol. The number of nitrogen functional groups attached to an aromatic ring is 1. The number of anilines is 1. The molecule has 20 heavy (non-hydrogen) atoms. The average molecular weight is 272 g/mol. The van der Waals surface area contributed by atoms with Gasteiger partial charge in [0, 0.05) is 12.7 Å². The number of amides is 1. The van der Waals surface area contributed by atoms with Crippen molar-refractivity contribution in [3.8, 4) is 5.75 Å². The number of carbonyl (C=O) groups excluding carboxylic acids is 1. The second-order valence-corrected chi connectivity index (χ2v) is 4.11. The molecule has 0 bridgehead atoms. The van der Waals surface area contributed by atoms with Crippen molar-refractivity contribution in [2.24, 2.45) is 5.84 Å². The summed E-state index contributed by atoms with van der Waals surface area (Å²) in [5.41, 5.74) is 4.36. The van der Waals surface area contributed by atoms with Gasteiger partial charge in [0.2, 0.25) is 0 Å². The molecule has 104 valence electrons. The Morgan fingerprint density at radius 3 is 2.95 bits per heavy atom. The molecule has 0 aliphatic heterocycles. The molecule has 0 saturated heterocycles. The summed E-state index contributed by atoms with van der Waals surface area (Å²) in [5.74, 6) is 5.79. The summed E-state index contributed by atoms with van der Waals surface area (Å²) in [7, 11) is 1.60. The maximum absolute atomic E-state index is 12.0. The summed E-state index contributed by atoms with van der Waals surface area (Å²) in [4.78, 5) is 16.0. The van der Waals surface area contributed by atoms with Crippen molar-refractivity contribution in [1.82, 2.24) is 10.3 Å². The van der Waals surface area contributed by atoms with E-state index in [-0.39, 0.29) is 5.91 Å². The Labute approximate surface area is 116 Å². The minimum atomic E-state index is -0.259. The van der Waals surface area contributed by atoms with Crippen molar-refractivity contribution < 1.29 is 9.53 Å². The quantitative estimate of drug-likeness (QED) is 0.564. The minimum Gasteiger partial charge on any atom is -0.497 e. The minimum absolute atomic E-state index is 0.259. The lowest BCUT2D eigenvalue weighted by Gasteiger charge is -2.07. The highest BCUT2D eigenvalue weighted by molar-refractivity contribution is 5.93. The van der Waals surface area contributed by atoms with Crippen LogP contribution in [0, 0.1) is 0 Å². The van der Waals surface area contributed by atoms with Crippen molar-refractivity contribution in [3.63, 3.8) is 0 Å². The third kappa shape index (κ3) is 3.46. The van der Waals surface area contributed by atoms with E-state index < -0.39 is 0 Å². The van der Waals surface area contributed by atoms with Gasteiger partial charge in [-0.1, -0.05) is 12.1 Å². The molecular weight excluding hydrogens is 256 g/mol. The van der Waals surface area contributed by atoms with Gasteiger partial charge in [0.05, 0.1) is 12.8 Å². The maximum Gasteiger partial charge on any atom is 0.270 e. The molecule has 0 aliphatic carbocycles. The number of ether oxygens (including phenoxy) is 1. The largest absolute Gasteiger partial charge is 0.497 e. The van der Waals surface area contributed by atoms with Crippen molar-refractivity contribution >= 4 is 11.6 Å². The molecule has 1 heterocycles. The van der Waals surface area contributed by atoms with Crippen molar-refractivity contribution in [1.29, 1.82) is 0 Å². The smallest absolute Gasteiger partial charge is 0.270 e. The Bertz CT molecular complexity index is 601. The number of rotatable bonds is 5. The molecule has 0 fully saturated rings. The summed E-state index contributed by atoms with van der Waals surface area (Å²) in [6.07, 6.45) is 1.52. The second kappa shape index (κ2) is 6.53. The maximum atomic E-state index is 12.0. The number of hydrogen-bond acceptors (Lipinski definition) is 5. The molecule has 0 radical (unpaired) electrons. The van der Waals surface area contributed by atoms with Gasteiger partial charge >= 0.3 is 0 Å². The number of methoxy groups -OCH3 is 1. The summed E-state index contributed by atoms with van der Waals surface area (Å²) in [6, 6.07) is 10.8. The average Bonchev–Trinajstić information content (AvgIpc) is 2.52. The first-order valence-corrected chi connectivity index (χ1v) is 6.06. The van der Waals surface area contributed by atoms with Crippen LogP contribution in [0.3, 0.4) is 0 Å². The molecule has 1 amide bonds. The van der Waals surface area contributed by atoms with E-state index in [4.69, 9.17) is 10.6 Å². The lowest BCUT2D eigenvalue weighted by Crippen LogP contribution is -2.24. The number of carbonyl (C=O) groups is 1. The molecule has 1 aromatic heterocycles. The number of hydrazine groups is 1. The number of nitrogens with zero attached hydrogens (tertiary/aromatic N) is 1. The summed E-state index contributed by atoms with van der Waals surface area (Å²) in [6.45, 7) is 0.401. The van der Waals surface area contributed by atoms with E-state index in [9.17, 15) is 4.79 Å². The molecule has 0 atom stereocenters. The van der Waals surface area contributed by atoms with E-state index in [0.717, 1.165) is 11.3 Å². The zero-order chi connectivity index (χ0) is 14.4. The van der Waals surface area contributed by atoms with Crippen molar-refractivity contribution in [2.75, 3.05) is 12.5 Å². The third-order valence-corrected chi connectivity index (χ3v) is 2.75. The SMILES string of the molecule is COc1cccc(CNC(=O)c2cc(NN)ccn2)c1. The van der Waals surface area contributed by atoms with Crippen LogP contribution < -0.4 is 21.3 Å². The van der Waals surface area contributed by atoms with E-state index in [1.54, 1.807) is 19.2 Å². The van der Waals surface area contributed by atoms with Gasteiger partial charge in [-0.15, -0.1) is 0 Å². The van der Waals surface area contributed by atoms with Crippen molar-refractivity contribution in [2.45, 2.75) is 6.54 Å². The van der Waals surface area contributed by atoms with E-state index >= 15 is 0 Å². The fourth-order valence-corrected chi connectivity index (χ4v) is 1.70. The van der Waals surface area contributed by atoms with Crippen LogP contribution in [0.1, 0.15) is 16.1 Å². The summed E-state index contributed by atoms with van der Waals surface area (Å²) in [5, 5.41) is 2.79. The number of benzene rings is 1. The highest BCUT2D eigenvalue weighted by atomic mass is 16.5. The molecular formula is C14H16N4O2. The first kappa shape index (κ1) is 13.8. The van der Waals surface area contributed by atoms with E-state index in [1.165, 1.54) is 6.20 Å². The second-order valence-electron chi connectivity index (χ2n) is 4.11. The number of nitrogens with one attached hydrogen (secondary N) is 2. The lowest BCUT2D eigenvalue weighted by molar-refractivity contribution is 0.0946. The molecule has 6 heteroatoms. The predicted molar refractivity (Wildman–Crippen MR) is 76.2 cm³/mol. The summed E-state index contributed by atoms with van der Waals surface area (Å²) < 4.78 is 5.13. The van der Waals surface area contributed by atoms with Crippen LogP contribution in [0.2, 0.25) is 0 Å². The molecule has 0 spiro atoms. The van der Waals surface area contributed by atoms with Crippen LogP contribution in [-0.2, 0) is 6.54 Å². The molecule has 6 nitrogen and oxygen atoms in total. The number of nitrogens with two attached hydrogens (primary N) is 1. The van der Waals surface area contributed by atoms with Gasteiger partial charge in [-0.25, -0.2) is 0 Å². The van der Waals surface area contributed by atoms with Crippen LogP contribution in [0.15, 0.2) is 42.6 Å². The zero-order valence-electron chi connectivity index (χ0n) is 11.1. The van der Waals surface area contributed by atoms with Gasteiger partial charge in [-0.3, -0.25) is 15.6 Å². The normalized spacial score (nSPS) is 9.90. The van der Waals surface area contributed by atoms with Gasteiger partial charge in [0.1, 0.15) is 11.4 Å². The van der Waals surface area contributed by atoms with Gasteiger partial charge in [0.25, 0.3) is 5.91 Å². The molecule has 2 aromatic rings. The lowest BCUT2D eigenvalue weighted by atomic mass is 10.2. The van der Waals surface area contributed by atoms with Crippen LogP contribution in [-0.4, -0.2) is 18.0 Å². The van der Waals surface area contributed by atoms with E-state index in [1.807, 2.05) is 24.3 Å². The van der Waals surface area contributed by atoms with Gasteiger partial charge < -0.3 is 15.5 Å². The Balaban J connectivity index is 2.00. The zero-order valence-corrected chi connectivity index (χ0v) is 11.1. The van der Waals surface area contributed by atoms with Crippen LogP contribution in [0.4, 0.5) is 5.69 Å². The van der Waals surface area contributed by atoms with Gasteiger partial charge in [-0.2, -0.15) is 0 Å². The molecule has 1 aromatic carbocycles. The molecule has 0 saturated carbocycles. The first-order chi connectivity index (χ1) is 9.72. The standard InChI is InChI=1S/C14H16N4O2/c1-20-12-4-2-3-10(7-12)9-17-14(19)13-8-11(18-15)5-6-16-13/h2-8H,9,15H2,1H3,(H,16,18)(H,17,19). The predicted octanol–water partition coefficient (Wildman–Crippen LogP) is 1.31. The highest BCUT2D eigenvalue weighted by Gasteiger charge is 2.07. The van der Waals surface area contributed by atoms with Gasteiger partial charge in [0.15, 0.2) is 0 Å². The third-order valence-electron chi connectivity index (χ3n) is 2.75. The Morgan fingerprint density at radius 2 is 2.20 bits per heavy atom. The fraction of sp³-hybridized carbons (Fsp3) is 0.143. The fourth-order valence-electron chi connectivity index (χ4n) is 1.70. The molecule has 2 rings (SSSR count). The number of pyridine rings is 1. The van der Waals surface area contributed by atoms with Crippen LogP contribution in [0.5, 0.6) is 5.75 Å². The highest BCUT2D eigenvalue weighted by Crippen LogP contribution is 2.12. The number of aromatic nitrogens is 1. The Morgan fingerprint density at radius 1 is 1.35 bits per heavy atom. The van der Waals surface area contributed by atoms with Crippen molar-refractivity contribution in [3.05, 3.63) is 53.9 Å².